The second-order valence-corrected chi connectivity index (χ2v) is 4.74. The third kappa shape index (κ3) is 4.62. The molecule has 20 heavy (non-hydrogen) atoms. The number of benzene rings is 1. The molecule has 0 aromatic heterocycles. The molecule has 1 aromatic rings. The van der Waals surface area contributed by atoms with Crippen molar-refractivity contribution in [2.45, 2.75) is 26.4 Å². The molecule has 0 aliphatic rings. The average molecular weight is 282 g/mol. The Bertz CT molecular complexity index is 503. The molecule has 0 bridgehead atoms. The van der Waals surface area contributed by atoms with Gasteiger partial charge in [-0.25, -0.2) is 4.39 Å². The topological polar surface area (TPSA) is 69.6 Å². The number of hydrogen-bond donors (Lipinski definition) is 2. The number of carbonyl (C=O) groups excluding carboxylic acids is 2. The number of nitrogens with one attached hydrogen (secondary N) is 1. The number of aliphatic hydroxyl groups excluding tert-OH is 1. The van der Waals surface area contributed by atoms with E-state index in [0.717, 1.165) is 6.07 Å². The Hall–Kier alpha value is -1.95. The van der Waals surface area contributed by atoms with E-state index >= 15 is 0 Å². The van der Waals surface area contributed by atoms with Crippen LogP contribution in [0.4, 0.5) is 10.1 Å². The molecule has 0 heterocycles. The highest BCUT2D eigenvalue weighted by Crippen LogP contribution is 2.16. The maximum Gasteiger partial charge on any atom is 0.256 e. The predicted molar refractivity (Wildman–Crippen MR) is 74.0 cm³/mol. The number of anilines is 1. The van der Waals surface area contributed by atoms with Gasteiger partial charge in [-0.1, -0.05) is 0 Å². The van der Waals surface area contributed by atoms with Crippen molar-refractivity contribution in [1.29, 1.82) is 0 Å². The summed E-state index contributed by atoms with van der Waals surface area (Å²) in [7, 11) is 1.54. The molecule has 0 saturated heterocycles. The molecule has 1 atom stereocenters. The Morgan fingerprint density at radius 3 is 2.65 bits per heavy atom. The molecule has 2 N–H and O–H groups in total. The quantitative estimate of drug-likeness (QED) is 0.862. The lowest BCUT2D eigenvalue weighted by Gasteiger charge is -2.18. The third-order valence-corrected chi connectivity index (χ3v) is 2.75. The van der Waals surface area contributed by atoms with Crippen LogP contribution in [0.2, 0.25) is 0 Å². The van der Waals surface area contributed by atoms with Crippen molar-refractivity contribution < 1.29 is 19.1 Å². The normalized spacial score (nSPS) is 11.8. The van der Waals surface area contributed by atoms with Crippen molar-refractivity contribution in [3.05, 3.63) is 29.6 Å². The van der Waals surface area contributed by atoms with Gasteiger partial charge in [0.1, 0.15) is 5.82 Å². The lowest BCUT2D eigenvalue weighted by Crippen LogP contribution is -2.30. The minimum absolute atomic E-state index is 0.107. The van der Waals surface area contributed by atoms with Crippen molar-refractivity contribution in [1.82, 2.24) is 4.90 Å². The van der Waals surface area contributed by atoms with Gasteiger partial charge in [0.25, 0.3) is 5.91 Å². The fourth-order valence-electron chi connectivity index (χ4n) is 1.66. The van der Waals surface area contributed by atoms with Crippen molar-refractivity contribution in [3.8, 4) is 0 Å². The van der Waals surface area contributed by atoms with Crippen molar-refractivity contribution in [3.63, 3.8) is 0 Å². The molecule has 1 aromatic carbocycles. The van der Waals surface area contributed by atoms with E-state index in [9.17, 15) is 19.1 Å². The van der Waals surface area contributed by atoms with E-state index < -0.39 is 17.8 Å². The zero-order valence-corrected chi connectivity index (χ0v) is 11.8. The van der Waals surface area contributed by atoms with Gasteiger partial charge in [0.2, 0.25) is 5.91 Å². The Labute approximate surface area is 117 Å². The van der Waals surface area contributed by atoms with Gasteiger partial charge in [0, 0.05) is 26.2 Å². The first kappa shape index (κ1) is 16.1. The molecule has 2 amide bonds. The zero-order valence-electron chi connectivity index (χ0n) is 11.8. The number of halogens is 1. The lowest BCUT2D eigenvalue weighted by atomic mass is 10.1. The van der Waals surface area contributed by atoms with Crippen LogP contribution >= 0.6 is 0 Å². The molecule has 110 valence electrons. The van der Waals surface area contributed by atoms with Crippen molar-refractivity contribution >= 4 is 17.5 Å². The molecular formula is C14H19FN2O3. The van der Waals surface area contributed by atoms with Gasteiger partial charge in [-0.15, -0.1) is 0 Å². The van der Waals surface area contributed by atoms with Gasteiger partial charge in [0.15, 0.2) is 0 Å². The van der Waals surface area contributed by atoms with Crippen LogP contribution in [-0.4, -0.2) is 41.5 Å². The Morgan fingerprint density at radius 2 is 2.10 bits per heavy atom. The van der Waals surface area contributed by atoms with Crippen molar-refractivity contribution in [2.24, 2.45) is 0 Å². The maximum absolute atomic E-state index is 13.7. The standard InChI is InChI=1S/C14H19FN2O3/c1-9(18)6-7-17(3)14(20)12-8-11(16-10(2)19)4-5-13(12)15/h4-5,8-9,18H,6-7H2,1-3H3,(H,16,19). The molecule has 1 unspecified atom stereocenters. The van der Waals surface area contributed by atoms with E-state index in [0.29, 0.717) is 18.7 Å². The maximum atomic E-state index is 13.7. The van der Waals surface area contributed by atoms with Crippen LogP contribution in [0, 0.1) is 5.82 Å². The summed E-state index contributed by atoms with van der Waals surface area (Å²) in [5.74, 6) is -1.43. The molecule has 0 aliphatic heterocycles. The van der Waals surface area contributed by atoms with E-state index in [-0.39, 0.29) is 11.5 Å². The van der Waals surface area contributed by atoms with Crippen LogP contribution in [0.3, 0.4) is 0 Å². The van der Waals surface area contributed by atoms with Gasteiger partial charge in [-0.05, 0) is 31.5 Å². The largest absolute Gasteiger partial charge is 0.393 e. The molecule has 0 radical (unpaired) electrons. The highest BCUT2D eigenvalue weighted by molar-refractivity contribution is 5.96. The van der Waals surface area contributed by atoms with E-state index in [1.54, 1.807) is 6.92 Å². The molecule has 0 fully saturated rings. The zero-order chi connectivity index (χ0) is 15.3. The van der Waals surface area contributed by atoms with Gasteiger partial charge < -0.3 is 15.3 Å². The minimum Gasteiger partial charge on any atom is -0.393 e. The van der Waals surface area contributed by atoms with Gasteiger partial charge in [0.05, 0.1) is 11.7 Å². The number of amides is 2. The van der Waals surface area contributed by atoms with E-state index in [1.807, 2.05) is 0 Å². The number of aliphatic hydroxyl groups is 1. The van der Waals surface area contributed by atoms with Gasteiger partial charge in [-0.3, -0.25) is 9.59 Å². The van der Waals surface area contributed by atoms with E-state index in [1.165, 1.54) is 31.0 Å². The summed E-state index contributed by atoms with van der Waals surface area (Å²) in [6, 6.07) is 3.84. The first-order valence-electron chi connectivity index (χ1n) is 6.32. The fraction of sp³-hybridized carbons (Fsp3) is 0.429. The number of hydrogen-bond acceptors (Lipinski definition) is 3. The summed E-state index contributed by atoms with van der Waals surface area (Å²) in [6.07, 6.45) is -0.115. The summed E-state index contributed by atoms with van der Waals surface area (Å²) < 4.78 is 13.7. The van der Waals surface area contributed by atoms with E-state index in [4.69, 9.17) is 0 Å². The second-order valence-electron chi connectivity index (χ2n) is 4.74. The van der Waals surface area contributed by atoms with Crippen LogP contribution in [0.15, 0.2) is 18.2 Å². The van der Waals surface area contributed by atoms with Crippen LogP contribution in [0.25, 0.3) is 0 Å². The highest BCUT2D eigenvalue weighted by Gasteiger charge is 2.17. The first-order chi connectivity index (χ1) is 9.31. The molecule has 5 nitrogen and oxygen atoms in total. The molecular weight excluding hydrogens is 263 g/mol. The summed E-state index contributed by atoms with van der Waals surface area (Å²) >= 11 is 0. The van der Waals surface area contributed by atoms with Crippen LogP contribution in [0.1, 0.15) is 30.6 Å². The monoisotopic (exact) mass is 282 g/mol. The molecule has 1 rings (SSSR count). The molecule has 0 spiro atoms. The molecule has 0 aliphatic carbocycles. The smallest absolute Gasteiger partial charge is 0.256 e. The number of rotatable bonds is 5. The van der Waals surface area contributed by atoms with Crippen LogP contribution in [0.5, 0.6) is 0 Å². The molecule has 0 saturated carbocycles. The van der Waals surface area contributed by atoms with Gasteiger partial charge in [-0.2, -0.15) is 0 Å². The Morgan fingerprint density at radius 1 is 1.45 bits per heavy atom. The summed E-state index contributed by atoms with van der Waals surface area (Å²) in [5.41, 5.74) is 0.260. The first-order valence-corrected chi connectivity index (χ1v) is 6.32. The Kier molecular flexibility index (Phi) is 5.64. The number of nitrogens with zero attached hydrogens (tertiary/aromatic N) is 1. The van der Waals surface area contributed by atoms with Gasteiger partial charge >= 0.3 is 0 Å². The van der Waals surface area contributed by atoms with E-state index in [2.05, 4.69) is 5.32 Å². The number of carbonyl (C=O) groups is 2. The second kappa shape index (κ2) is 7.00. The fourth-order valence-corrected chi connectivity index (χ4v) is 1.66. The highest BCUT2D eigenvalue weighted by atomic mass is 19.1. The van der Waals surface area contributed by atoms with Crippen LogP contribution < -0.4 is 5.32 Å². The average Bonchev–Trinajstić information content (AvgIpc) is 2.36. The van der Waals surface area contributed by atoms with Crippen LogP contribution in [-0.2, 0) is 4.79 Å². The third-order valence-electron chi connectivity index (χ3n) is 2.75. The Balaban J connectivity index is 2.88. The summed E-state index contributed by atoms with van der Waals surface area (Å²) in [4.78, 5) is 24.4. The summed E-state index contributed by atoms with van der Waals surface area (Å²) in [5, 5.41) is 11.7. The predicted octanol–water partition coefficient (Wildman–Crippen LogP) is 1.63. The molecule has 6 heteroatoms. The van der Waals surface area contributed by atoms with Crippen molar-refractivity contribution in [2.75, 3.05) is 18.9 Å². The SMILES string of the molecule is CC(=O)Nc1ccc(F)c(C(=O)N(C)CCC(C)O)c1. The lowest BCUT2D eigenvalue weighted by molar-refractivity contribution is -0.114. The summed E-state index contributed by atoms with van der Waals surface area (Å²) in [6.45, 7) is 3.27. The minimum atomic E-state index is -0.645.